The number of rotatable bonds is 3. The van der Waals surface area contributed by atoms with Gasteiger partial charge in [0.05, 0.1) is 12.3 Å². The predicted octanol–water partition coefficient (Wildman–Crippen LogP) is 3.44. The van der Waals surface area contributed by atoms with Gasteiger partial charge in [0.15, 0.2) is 0 Å². The van der Waals surface area contributed by atoms with E-state index in [2.05, 4.69) is 44.1 Å². The molecule has 18 heavy (non-hydrogen) atoms. The van der Waals surface area contributed by atoms with E-state index in [0.29, 0.717) is 0 Å². The molecule has 1 aromatic rings. The van der Waals surface area contributed by atoms with Gasteiger partial charge in [0, 0.05) is 11.4 Å². The van der Waals surface area contributed by atoms with Gasteiger partial charge in [0.1, 0.15) is 5.84 Å². The van der Waals surface area contributed by atoms with Crippen molar-refractivity contribution >= 4 is 30.0 Å². The summed E-state index contributed by atoms with van der Waals surface area (Å²) in [5.74, 6) is 2.11. The fourth-order valence-electron chi connectivity index (χ4n) is 2.08. The Morgan fingerprint density at radius 3 is 2.28 bits per heavy atom. The second kappa shape index (κ2) is 6.48. The average Bonchev–Trinajstić information content (AvgIpc) is 2.79. The van der Waals surface area contributed by atoms with Gasteiger partial charge in [-0.2, -0.15) is 0 Å². The van der Waals surface area contributed by atoms with E-state index in [4.69, 9.17) is 0 Å². The van der Waals surface area contributed by atoms with Gasteiger partial charge >= 0.3 is 0 Å². The Bertz CT molecular complexity index is 443. The van der Waals surface area contributed by atoms with E-state index >= 15 is 0 Å². The van der Waals surface area contributed by atoms with E-state index in [0.717, 1.165) is 24.7 Å². The first-order chi connectivity index (χ1) is 8.09. The third-order valence-corrected chi connectivity index (χ3v) is 4.71. The van der Waals surface area contributed by atoms with E-state index in [1.807, 2.05) is 11.8 Å². The molecule has 0 fully saturated rings. The zero-order valence-corrected chi connectivity index (χ0v) is 13.1. The lowest BCUT2D eigenvalue weighted by Crippen LogP contribution is -2.20. The van der Waals surface area contributed by atoms with Crippen molar-refractivity contribution in [1.82, 2.24) is 5.32 Å². The molecule has 1 heterocycles. The Kier molecular flexibility index (Phi) is 5.54. The van der Waals surface area contributed by atoms with Crippen LogP contribution in [0, 0.1) is 27.7 Å². The first-order valence-electron chi connectivity index (χ1n) is 6.07. The highest BCUT2D eigenvalue weighted by atomic mass is 35.5. The summed E-state index contributed by atoms with van der Waals surface area (Å²) in [6, 6.07) is 2.28. The van der Waals surface area contributed by atoms with Crippen molar-refractivity contribution in [2.45, 2.75) is 32.6 Å². The molecule has 0 atom stereocenters. The highest BCUT2D eigenvalue weighted by Crippen LogP contribution is 2.30. The number of hydrogen-bond acceptors (Lipinski definition) is 3. The lowest BCUT2D eigenvalue weighted by Gasteiger charge is -2.14. The van der Waals surface area contributed by atoms with Crippen LogP contribution in [0.3, 0.4) is 0 Å². The van der Waals surface area contributed by atoms with Crippen LogP contribution < -0.4 is 5.32 Å². The van der Waals surface area contributed by atoms with Crippen LogP contribution in [0.2, 0.25) is 0 Å². The summed E-state index contributed by atoms with van der Waals surface area (Å²) in [4.78, 5) is 5.87. The average molecular weight is 285 g/mol. The Balaban J connectivity index is 0.00000162. The maximum atomic E-state index is 4.44. The Morgan fingerprint density at radius 1 is 1.17 bits per heavy atom. The van der Waals surface area contributed by atoms with Crippen molar-refractivity contribution in [3.8, 4) is 0 Å². The number of amidine groups is 1. The number of nitrogens with zero attached hydrogens (tertiary/aromatic N) is 1. The maximum Gasteiger partial charge on any atom is 0.107 e. The molecule has 0 aromatic heterocycles. The molecule has 0 spiro atoms. The van der Waals surface area contributed by atoms with Gasteiger partial charge < -0.3 is 5.32 Å². The summed E-state index contributed by atoms with van der Waals surface area (Å²) in [6.07, 6.45) is 0. The molecular weight excluding hydrogens is 264 g/mol. The standard InChI is InChI=1S/C14H20N2S.ClH/c1-9-7-10(2)12(4)14(11(9)3)17-8-13-15-5-6-16-13;/h7H,5-6,8H2,1-4H3,(H,15,16);1H. The van der Waals surface area contributed by atoms with E-state index in [-0.39, 0.29) is 12.4 Å². The number of nitrogens with one attached hydrogen (secondary N) is 1. The molecule has 0 saturated carbocycles. The highest BCUT2D eigenvalue weighted by molar-refractivity contribution is 8.00. The van der Waals surface area contributed by atoms with Crippen LogP contribution in [-0.2, 0) is 0 Å². The molecule has 100 valence electrons. The van der Waals surface area contributed by atoms with Gasteiger partial charge in [-0.25, -0.2) is 0 Å². The Hall–Kier alpha value is -0.670. The summed E-state index contributed by atoms with van der Waals surface area (Å²) in [6.45, 7) is 10.7. The third-order valence-electron chi connectivity index (χ3n) is 3.39. The van der Waals surface area contributed by atoms with Crippen LogP contribution in [0.5, 0.6) is 0 Å². The summed E-state index contributed by atoms with van der Waals surface area (Å²) in [5.41, 5.74) is 5.60. The van der Waals surface area contributed by atoms with Crippen molar-refractivity contribution in [3.63, 3.8) is 0 Å². The lowest BCUT2D eigenvalue weighted by atomic mass is 10.0. The number of thioether (sulfide) groups is 1. The van der Waals surface area contributed by atoms with Gasteiger partial charge in [0.25, 0.3) is 0 Å². The number of aryl methyl sites for hydroxylation is 2. The summed E-state index contributed by atoms with van der Waals surface area (Å²) < 4.78 is 0. The van der Waals surface area contributed by atoms with Crippen LogP contribution in [-0.4, -0.2) is 24.7 Å². The minimum absolute atomic E-state index is 0. The van der Waals surface area contributed by atoms with Crippen molar-refractivity contribution in [2.75, 3.05) is 18.8 Å². The minimum Gasteiger partial charge on any atom is -0.371 e. The zero-order chi connectivity index (χ0) is 12.4. The van der Waals surface area contributed by atoms with Gasteiger partial charge in [-0.05, 0) is 49.9 Å². The molecule has 1 aromatic carbocycles. The molecule has 0 saturated heterocycles. The third kappa shape index (κ3) is 3.21. The Morgan fingerprint density at radius 2 is 1.78 bits per heavy atom. The van der Waals surface area contributed by atoms with Gasteiger partial charge in [-0.3, -0.25) is 4.99 Å². The van der Waals surface area contributed by atoms with E-state index in [1.165, 1.54) is 27.1 Å². The normalized spacial score (nSPS) is 13.9. The van der Waals surface area contributed by atoms with Crippen LogP contribution in [0.15, 0.2) is 16.0 Å². The Labute approximate surface area is 120 Å². The molecule has 0 bridgehead atoms. The number of aliphatic imine (C=N–C) groups is 1. The van der Waals surface area contributed by atoms with E-state index in [1.54, 1.807) is 0 Å². The largest absolute Gasteiger partial charge is 0.371 e. The zero-order valence-electron chi connectivity index (χ0n) is 11.5. The van der Waals surface area contributed by atoms with Crippen LogP contribution in [0.4, 0.5) is 0 Å². The lowest BCUT2D eigenvalue weighted by molar-refractivity contribution is 0.959. The first-order valence-corrected chi connectivity index (χ1v) is 7.05. The van der Waals surface area contributed by atoms with Crippen molar-refractivity contribution in [2.24, 2.45) is 4.99 Å². The molecule has 4 heteroatoms. The first kappa shape index (κ1) is 15.4. The highest BCUT2D eigenvalue weighted by Gasteiger charge is 2.11. The molecule has 0 amide bonds. The molecular formula is C14H21ClN2S. The van der Waals surface area contributed by atoms with Gasteiger partial charge in [-0.15, -0.1) is 24.2 Å². The summed E-state index contributed by atoms with van der Waals surface area (Å²) in [5, 5.41) is 3.32. The van der Waals surface area contributed by atoms with Gasteiger partial charge in [0.2, 0.25) is 0 Å². The summed E-state index contributed by atoms with van der Waals surface area (Å²) >= 11 is 1.91. The summed E-state index contributed by atoms with van der Waals surface area (Å²) in [7, 11) is 0. The topological polar surface area (TPSA) is 24.4 Å². The van der Waals surface area contributed by atoms with Crippen molar-refractivity contribution < 1.29 is 0 Å². The second-order valence-corrected chi connectivity index (χ2v) is 5.62. The number of hydrogen-bond donors (Lipinski definition) is 1. The van der Waals surface area contributed by atoms with Crippen LogP contribution in [0.25, 0.3) is 0 Å². The number of halogens is 1. The molecule has 1 N–H and O–H groups in total. The van der Waals surface area contributed by atoms with Crippen molar-refractivity contribution in [3.05, 3.63) is 28.3 Å². The smallest absolute Gasteiger partial charge is 0.107 e. The molecule has 1 aliphatic rings. The van der Waals surface area contributed by atoms with Crippen LogP contribution in [0.1, 0.15) is 22.3 Å². The fourth-order valence-corrected chi connectivity index (χ4v) is 3.31. The second-order valence-electron chi connectivity index (χ2n) is 4.63. The SMILES string of the molecule is Cc1cc(C)c(C)c(SCC2=NCCN2)c1C.Cl. The molecule has 0 aliphatic carbocycles. The predicted molar refractivity (Wildman–Crippen MR) is 83.7 cm³/mol. The van der Waals surface area contributed by atoms with Gasteiger partial charge in [-0.1, -0.05) is 6.07 Å². The quantitative estimate of drug-likeness (QED) is 0.860. The fraction of sp³-hybridized carbons (Fsp3) is 0.500. The monoisotopic (exact) mass is 284 g/mol. The number of benzene rings is 1. The molecule has 2 nitrogen and oxygen atoms in total. The van der Waals surface area contributed by atoms with E-state index in [9.17, 15) is 0 Å². The van der Waals surface area contributed by atoms with Crippen LogP contribution >= 0.6 is 24.2 Å². The molecule has 2 rings (SSSR count). The minimum atomic E-state index is 0. The molecule has 0 unspecified atom stereocenters. The van der Waals surface area contributed by atoms with E-state index < -0.39 is 0 Å². The molecule has 1 aliphatic heterocycles. The molecule has 0 radical (unpaired) electrons. The maximum absolute atomic E-state index is 4.44. The van der Waals surface area contributed by atoms with Crippen molar-refractivity contribution in [1.29, 1.82) is 0 Å².